The summed E-state index contributed by atoms with van der Waals surface area (Å²) in [5, 5.41) is 8.80. The monoisotopic (exact) mass is 291 g/mol. The fraction of sp³-hybridized carbons (Fsp3) is 0.438. The van der Waals surface area contributed by atoms with Gasteiger partial charge in [-0.15, -0.1) is 0 Å². The Kier molecular flexibility index (Phi) is 5.21. The lowest BCUT2D eigenvalue weighted by molar-refractivity contribution is 0.512. The van der Waals surface area contributed by atoms with Crippen molar-refractivity contribution in [3.05, 3.63) is 52.3 Å². The third kappa shape index (κ3) is 3.84. The van der Waals surface area contributed by atoms with Crippen molar-refractivity contribution in [1.29, 1.82) is 0 Å². The van der Waals surface area contributed by atoms with Crippen LogP contribution in [0.15, 0.2) is 30.3 Å². The van der Waals surface area contributed by atoms with Gasteiger partial charge in [-0.2, -0.15) is 5.10 Å². The molecular formula is C16H22ClN3. The van der Waals surface area contributed by atoms with Gasteiger partial charge in [0.05, 0.1) is 5.69 Å². The van der Waals surface area contributed by atoms with Crippen LogP contribution in [0.4, 0.5) is 0 Å². The number of nitrogens with zero attached hydrogens (tertiary/aromatic N) is 2. The quantitative estimate of drug-likeness (QED) is 0.880. The van der Waals surface area contributed by atoms with Gasteiger partial charge in [-0.1, -0.05) is 30.7 Å². The van der Waals surface area contributed by atoms with Crippen molar-refractivity contribution in [2.75, 3.05) is 6.54 Å². The zero-order valence-corrected chi connectivity index (χ0v) is 13.1. The Hall–Kier alpha value is -1.32. The predicted octanol–water partition coefficient (Wildman–Crippen LogP) is 3.67. The number of hydrogen-bond acceptors (Lipinski definition) is 2. The molecule has 1 aromatic carbocycles. The molecule has 0 fully saturated rings. The molecule has 1 N–H and O–H groups in total. The average Bonchev–Trinajstić information content (AvgIpc) is 2.74. The highest BCUT2D eigenvalue weighted by molar-refractivity contribution is 6.30. The van der Waals surface area contributed by atoms with Crippen LogP contribution in [0.3, 0.4) is 0 Å². The Balaban J connectivity index is 2.18. The van der Waals surface area contributed by atoms with Gasteiger partial charge in [0, 0.05) is 30.2 Å². The third-order valence-electron chi connectivity index (χ3n) is 3.43. The summed E-state index contributed by atoms with van der Waals surface area (Å²) < 4.78 is 1.96. The number of aromatic nitrogens is 2. The van der Waals surface area contributed by atoms with E-state index in [1.54, 1.807) is 0 Å². The van der Waals surface area contributed by atoms with Gasteiger partial charge in [0.2, 0.25) is 0 Å². The molecule has 0 aliphatic heterocycles. The number of benzene rings is 1. The predicted molar refractivity (Wildman–Crippen MR) is 84.1 cm³/mol. The van der Waals surface area contributed by atoms with Gasteiger partial charge in [-0.05, 0) is 43.7 Å². The molecule has 1 heterocycles. The number of halogens is 1. The maximum Gasteiger partial charge on any atom is 0.0596 e. The van der Waals surface area contributed by atoms with Crippen LogP contribution >= 0.6 is 11.6 Å². The number of aryl methyl sites for hydroxylation is 2. The van der Waals surface area contributed by atoms with E-state index >= 15 is 0 Å². The van der Waals surface area contributed by atoms with E-state index in [1.807, 2.05) is 30.8 Å². The largest absolute Gasteiger partial charge is 0.310 e. The molecule has 0 aliphatic carbocycles. The second-order valence-corrected chi connectivity index (χ2v) is 5.60. The molecule has 2 aromatic rings. The Labute approximate surface area is 126 Å². The fourth-order valence-corrected chi connectivity index (χ4v) is 2.51. The molecule has 4 heteroatoms. The summed E-state index contributed by atoms with van der Waals surface area (Å²) in [6, 6.07) is 10.5. The first-order valence-corrected chi connectivity index (χ1v) is 7.46. The molecule has 20 heavy (non-hydrogen) atoms. The van der Waals surface area contributed by atoms with Crippen molar-refractivity contribution in [1.82, 2.24) is 15.1 Å². The molecule has 1 atom stereocenters. The third-order valence-corrected chi connectivity index (χ3v) is 3.68. The SMILES string of the molecule is CCCNC(Cc1cc(C)nn1C)c1ccc(Cl)cc1. The smallest absolute Gasteiger partial charge is 0.0596 e. The summed E-state index contributed by atoms with van der Waals surface area (Å²) >= 11 is 5.97. The van der Waals surface area contributed by atoms with Crippen LogP contribution in [-0.4, -0.2) is 16.3 Å². The molecule has 0 saturated carbocycles. The van der Waals surface area contributed by atoms with Crippen molar-refractivity contribution in [3.8, 4) is 0 Å². The minimum Gasteiger partial charge on any atom is -0.310 e. The highest BCUT2D eigenvalue weighted by atomic mass is 35.5. The summed E-state index contributed by atoms with van der Waals surface area (Å²) in [5.74, 6) is 0. The summed E-state index contributed by atoms with van der Waals surface area (Å²) in [6.07, 6.45) is 2.05. The van der Waals surface area contributed by atoms with Crippen molar-refractivity contribution >= 4 is 11.6 Å². The lowest BCUT2D eigenvalue weighted by Crippen LogP contribution is -2.24. The minimum absolute atomic E-state index is 0.294. The lowest BCUT2D eigenvalue weighted by atomic mass is 10.0. The minimum atomic E-state index is 0.294. The molecule has 0 spiro atoms. The molecule has 1 unspecified atom stereocenters. The van der Waals surface area contributed by atoms with Crippen LogP contribution in [0.2, 0.25) is 5.02 Å². The van der Waals surface area contributed by atoms with Gasteiger partial charge in [-0.25, -0.2) is 0 Å². The molecule has 0 amide bonds. The maximum absolute atomic E-state index is 5.97. The standard InChI is InChI=1S/C16H22ClN3/c1-4-9-18-16(13-5-7-14(17)8-6-13)11-15-10-12(2)19-20(15)3/h5-8,10,16,18H,4,9,11H2,1-3H3. The summed E-state index contributed by atoms with van der Waals surface area (Å²) in [4.78, 5) is 0. The summed E-state index contributed by atoms with van der Waals surface area (Å²) in [6.45, 7) is 5.21. The van der Waals surface area contributed by atoms with E-state index in [9.17, 15) is 0 Å². The Morgan fingerprint density at radius 3 is 2.55 bits per heavy atom. The van der Waals surface area contributed by atoms with Gasteiger partial charge in [0.25, 0.3) is 0 Å². The summed E-state index contributed by atoms with van der Waals surface area (Å²) in [5.41, 5.74) is 3.57. The van der Waals surface area contributed by atoms with Crippen LogP contribution in [0.5, 0.6) is 0 Å². The number of nitrogens with one attached hydrogen (secondary N) is 1. The second kappa shape index (κ2) is 6.91. The van der Waals surface area contributed by atoms with Crippen LogP contribution in [0.1, 0.15) is 36.3 Å². The topological polar surface area (TPSA) is 29.9 Å². The Bertz CT molecular complexity index is 545. The maximum atomic E-state index is 5.97. The van der Waals surface area contributed by atoms with Gasteiger partial charge in [0.15, 0.2) is 0 Å². The van der Waals surface area contributed by atoms with Crippen LogP contribution in [0, 0.1) is 6.92 Å². The highest BCUT2D eigenvalue weighted by Crippen LogP contribution is 2.21. The van der Waals surface area contributed by atoms with Crippen molar-refractivity contribution in [2.45, 2.75) is 32.7 Å². The summed E-state index contributed by atoms with van der Waals surface area (Å²) in [7, 11) is 2.00. The normalized spacial score (nSPS) is 12.6. The van der Waals surface area contributed by atoms with E-state index in [0.29, 0.717) is 6.04 Å². The molecule has 0 radical (unpaired) electrons. The molecule has 0 saturated heterocycles. The molecule has 0 aliphatic rings. The van der Waals surface area contributed by atoms with Crippen LogP contribution in [0.25, 0.3) is 0 Å². The first-order chi connectivity index (χ1) is 9.60. The lowest BCUT2D eigenvalue weighted by Gasteiger charge is -2.19. The number of rotatable bonds is 6. The molecule has 108 valence electrons. The van der Waals surface area contributed by atoms with Crippen molar-refractivity contribution < 1.29 is 0 Å². The molecule has 2 rings (SSSR count). The van der Waals surface area contributed by atoms with E-state index in [4.69, 9.17) is 11.6 Å². The van der Waals surface area contributed by atoms with Crippen molar-refractivity contribution in [3.63, 3.8) is 0 Å². The van der Waals surface area contributed by atoms with Gasteiger partial charge in [-0.3, -0.25) is 4.68 Å². The molecular weight excluding hydrogens is 270 g/mol. The second-order valence-electron chi connectivity index (χ2n) is 5.16. The average molecular weight is 292 g/mol. The first-order valence-electron chi connectivity index (χ1n) is 7.08. The molecule has 0 bridgehead atoms. The van der Waals surface area contributed by atoms with E-state index in [-0.39, 0.29) is 0 Å². The van der Waals surface area contributed by atoms with E-state index in [0.717, 1.165) is 30.1 Å². The molecule has 1 aromatic heterocycles. The fourth-order valence-electron chi connectivity index (χ4n) is 2.39. The van der Waals surface area contributed by atoms with E-state index in [2.05, 4.69) is 35.5 Å². The van der Waals surface area contributed by atoms with E-state index in [1.165, 1.54) is 11.3 Å². The van der Waals surface area contributed by atoms with Crippen LogP contribution < -0.4 is 5.32 Å². The zero-order valence-electron chi connectivity index (χ0n) is 12.4. The Morgan fingerprint density at radius 1 is 1.30 bits per heavy atom. The van der Waals surface area contributed by atoms with Crippen LogP contribution in [-0.2, 0) is 13.5 Å². The zero-order chi connectivity index (χ0) is 14.5. The van der Waals surface area contributed by atoms with Gasteiger partial charge < -0.3 is 5.32 Å². The first kappa shape index (κ1) is 15.1. The molecule has 3 nitrogen and oxygen atoms in total. The highest BCUT2D eigenvalue weighted by Gasteiger charge is 2.14. The number of hydrogen-bond donors (Lipinski definition) is 1. The van der Waals surface area contributed by atoms with Gasteiger partial charge >= 0.3 is 0 Å². The Morgan fingerprint density at radius 2 is 2.00 bits per heavy atom. The van der Waals surface area contributed by atoms with Gasteiger partial charge in [0.1, 0.15) is 0 Å². The van der Waals surface area contributed by atoms with Crippen molar-refractivity contribution in [2.24, 2.45) is 7.05 Å². The van der Waals surface area contributed by atoms with E-state index < -0.39 is 0 Å².